The highest BCUT2D eigenvalue weighted by atomic mass is 16.5. The smallest absolute Gasteiger partial charge is 0.183 e. The van der Waals surface area contributed by atoms with Crippen molar-refractivity contribution < 1.29 is 9.53 Å². The van der Waals surface area contributed by atoms with E-state index in [1.807, 2.05) is 44.4 Å². The molecule has 1 saturated heterocycles. The zero-order valence-corrected chi connectivity index (χ0v) is 16.6. The van der Waals surface area contributed by atoms with E-state index in [-0.39, 0.29) is 5.78 Å². The van der Waals surface area contributed by atoms with Crippen molar-refractivity contribution in [2.75, 3.05) is 45.3 Å². The zero-order chi connectivity index (χ0) is 19.3. The van der Waals surface area contributed by atoms with Crippen LogP contribution in [0.5, 0.6) is 0 Å². The first-order valence-corrected chi connectivity index (χ1v) is 9.76. The molecule has 1 heterocycles. The second-order valence-electron chi connectivity index (χ2n) is 7.38. The van der Waals surface area contributed by atoms with Gasteiger partial charge in [0, 0.05) is 30.8 Å². The summed E-state index contributed by atoms with van der Waals surface area (Å²) in [6.45, 7) is 5.40. The Bertz CT molecular complexity index is 754. The third kappa shape index (κ3) is 4.07. The van der Waals surface area contributed by atoms with Gasteiger partial charge < -0.3 is 9.64 Å². The Morgan fingerprint density at radius 2 is 1.67 bits per heavy atom. The molecule has 1 unspecified atom stereocenters. The van der Waals surface area contributed by atoms with Crippen LogP contribution in [-0.4, -0.2) is 56.6 Å². The van der Waals surface area contributed by atoms with E-state index in [0.717, 1.165) is 38.3 Å². The molecule has 0 saturated carbocycles. The van der Waals surface area contributed by atoms with Crippen LogP contribution in [0.15, 0.2) is 54.6 Å². The van der Waals surface area contributed by atoms with Gasteiger partial charge in [-0.25, -0.2) is 0 Å². The number of hydrogen-bond acceptors (Lipinski definition) is 4. The summed E-state index contributed by atoms with van der Waals surface area (Å²) in [5.41, 5.74) is 2.65. The number of hydrogen-bond donors (Lipinski definition) is 0. The Kier molecular flexibility index (Phi) is 6.30. The van der Waals surface area contributed by atoms with Crippen molar-refractivity contribution in [1.29, 1.82) is 0 Å². The van der Waals surface area contributed by atoms with Crippen LogP contribution in [0.4, 0.5) is 5.69 Å². The van der Waals surface area contributed by atoms with Crippen LogP contribution < -0.4 is 4.90 Å². The van der Waals surface area contributed by atoms with Crippen LogP contribution >= 0.6 is 0 Å². The highest BCUT2D eigenvalue weighted by molar-refractivity contribution is 6.03. The van der Waals surface area contributed by atoms with Crippen LogP contribution in [0, 0.1) is 0 Å². The van der Waals surface area contributed by atoms with Gasteiger partial charge in [-0.3, -0.25) is 9.69 Å². The van der Waals surface area contributed by atoms with Gasteiger partial charge in [0.2, 0.25) is 0 Å². The lowest BCUT2D eigenvalue weighted by molar-refractivity contribution is 0.0666. The molecule has 0 N–H and O–H groups in total. The quantitative estimate of drug-likeness (QED) is 0.700. The molecule has 0 amide bonds. The van der Waals surface area contributed by atoms with Gasteiger partial charge in [-0.05, 0) is 32.1 Å². The minimum Gasteiger partial charge on any atom is -0.378 e. The molecule has 27 heavy (non-hydrogen) atoms. The number of ketones is 1. The molecule has 0 spiro atoms. The zero-order valence-electron chi connectivity index (χ0n) is 16.6. The number of carbonyl (C=O) groups excluding carboxylic acids is 1. The lowest BCUT2D eigenvalue weighted by atomic mass is 9.79. The fourth-order valence-corrected chi connectivity index (χ4v) is 3.99. The molecular formula is C23H30N2O2. The Morgan fingerprint density at radius 1 is 1.04 bits per heavy atom. The molecule has 2 aromatic carbocycles. The first-order valence-electron chi connectivity index (χ1n) is 9.76. The lowest BCUT2D eigenvalue weighted by Crippen LogP contribution is -2.52. The van der Waals surface area contributed by atoms with Gasteiger partial charge in [0.1, 0.15) is 0 Å². The standard InChI is InChI=1S/C23H30N2O2/c1-4-23(24(2)3,22(26)19-10-6-5-7-11-19)18-20-12-8-9-13-21(20)25-14-16-27-17-15-25/h5-13H,4,14-18H2,1-3H3. The molecule has 1 aliphatic heterocycles. The van der Waals surface area contributed by atoms with Crippen molar-refractivity contribution in [1.82, 2.24) is 4.90 Å². The lowest BCUT2D eigenvalue weighted by Gasteiger charge is -2.39. The summed E-state index contributed by atoms with van der Waals surface area (Å²) in [5, 5.41) is 0. The van der Waals surface area contributed by atoms with Gasteiger partial charge in [0.05, 0.1) is 18.8 Å². The number of carbonyl (C=O) groups is 1. The van der Waals surface area contributed by atoms with Crippen molar-refractivity contribution in [3.8, 4) is 0 Å². The van der Waals surface area contributed by atoms with Crippen LogP contribution in [0.1, 0.15) is 29.3 Å². The molecule has 4 nitrogen and oxygen atoms in total. The van der Waals surface area contributed by atoms with E-state index >= 15 is 0 Å². The Balaban J connectivity index is 1.97. The Morgan fingerprint density at radius 3 is 2.30 bits per heavy atom. The summed E-state index contributed by atoms with van der Waals surface area (Å²) in [5.74, 6) is 0.187. The topological polar surface area (TPSA) is 32.8 Å². The maximum atomic E-state index is 13.6. The van der Waals surface area contributed by atoms with Crippen LogP contribution in [0.25, 0.3) is 0 Å². The first-order chi connectivity index (χ1) is 13.1. The third-order valence-corrected chi connectivity index (χ3v) is 5.73. The molecule has 0 radical (unpaired) electrons. The molecule has 4 heteroatoms. The number of nitrogens with zero attached hydrogens (tertiary/aromatic N) is 2. The van der Waals surface area contributed by atoms with E-state index in [1.54, 1.807) is 0 Å². The van der Waals surface area contributed by atoms with E-state index in [9.17, 15) is 4.79 Å². The summed E-state index contributed by atoms with van der Waals surface area (Å²) >= 11 is 0. The van der Waals surface area contributed by atoms with Gasteiger partial charge in [0.15, 0.2) is 5.78 Å². The third-order valence-electron chi connectivity index (χ3n) is 5.73. The van der Waals surface area contributed by atoms with Crippen LogP contribution in [0.3, 0.4) is 0 Å². The van der Waals surface area contributed by atoms with Crippen LogP contribution in [-0.2, 0) is 11.2 Å². The largest absolute Gasteiger partial charge is 0.378 e. The second kappa shape index (κ2) is 8.68. The Hall–Kier alpha value is -2.17. The second-order valence-corrected chi connectivity index (χ2v) is 7.38. The molecular weight excluding hydrogens is 336 g/mol. The maximum Gasteiger partial charge on any atom is 0.183 e. The summed E-state index contributed by atoms with van der Waals surface area (Å²) < 4.78 is 5.51. The number of para-hydroxylation sites is 1. The van der Waals surface area contributed by atoms with Gasteiger partial charge in [-0.2, -0.15) is 0 Å². The monoisotopic (exact) mass is 366 g/mol. The number of Topliss-reactive ketones (excluding diaryl/α,β-unsaturated/α-hetero) is 1. The maximum absolute atomic E-state index is 13.6. The van der Waals surface area contributed by atoms with E-state index < -0.39 is 5.54 Å². The average molecular weight is 367 g/mol. The summed E-state index contributed by atoms with van der Waals surface area (Å²) in [6.07, 6.45) is 1.45. The SMILES string of the molecule is CCC(Cc1ccccc1N1CCOCC1)(C(=O)c1ccccc1)N(C)C. The van der Waals surface area contributed by atoms with Crippen molar-refractivity contribution in [3.05, 3.63) is 65.7 Å². The molecule has 144 valence electrons. The highest BCUT2D eigenvalue weighted by Crippen LogP contribution is 2.32. The van der Waals surface area contributed by atoms with Crippen LogP contribution in [0.2, 0.25) is 0 Å². The van der Waals surface area contributed by atoms with Crippen molar-refractivity contribution in [2.24, 2.45) is 0 Å². The van der Waals surface area contributed by atoms with Crippen molar-refractivity contribution >= 4 is 11.5 Å². The van der Waals surface area contributed by atoms with Gasteiger partial charge in [-0.1, -0.05) is 55.5 Å². The number of ether oxygens (including phenoxy) is 1. The normalized spacial score (nSPS) is 17.0. The molecule has 0 aromatic heterocycles. The number of benzene rings is 2. The fraction of sp³-hybridized carbons (Fsp3) is 0.435. The Labute approximate surface area is 162 Å². The summed E-state index contributed by atoms with van der Waals surface area (Å²) in [7, 11) is 4.03. The molecule has 1 atom stereocenters. The van der Waals surface area contributed by atoms with E-state index in [2.05, 4.69) is 41.0 Å². The number of anilines is 1. The average Bonchev–Trinajstić information content (AvgIpc) is 2.73. The molecule has 1 fully saturated rings. The summed E-state index contributed by atoms with van der Waals surface area (Å²) in [4.78, 5) is 18.0. The molecule has 1 aliphatic rings. The fourth-order valence-electron chi connectivity index (χ4n) is 3.99. The number of likely N-dealkylation sites (N-methyl/N-ethyl adjacent to an activating group) is 1. The van der Waals surface area contributed by atoms with E-state index in [1.165, 1.54) is 11.3 Å². The van der Waals surface area contributed by atoms with Gasteiger partial charge in [0.25, 0.3) is 0 Å². The molecule has 0 bridgehead atoms. The van der Waals surface area contributed by atoms with Gasteiger partial charge in [-0.15, -0.1) is 0 Å². The minimum absolute atomic E-state index is 0.187. The first kappa shape index (κ1) is 19.6. The predicted molar refractivity (Wildman–Crippen MR) is 111 cm³/mol. The highest BCUT2D eigenvalue weighted by Gasteiger charge is 2.40. The molecule has 3 rings (SSSR count). The van der Waals surface area contributed by atoms with Crippen molar-refractivity contribution in [2.45, 2.75) is 25.3 Å². The van der Waals surface area contributed by atoms with E-state index in [4.69, 9.17) is 4.74 Å². The summed E-state index contributed by atoms with van der Waals surface area (Å²) in [6, 6.07) is 18.2. The minimum atomic E-state index is -0.566. The molecule has 2 aromatic rings. The number of morpholine rings is 1. The number of rotatable bonds is 7. The predicted octanol–water partition coefficient (Wildman–Crippen LogP) is 3.66. The van der Waals surface area contributed by atoms with Crippen molar-refractivity contribution in [3.63, 3.8) is 0 Å². The van der Waals surface area contributed by atoms with E-state index in [0.29, 0.717) is 6.42 Å². The van der Waals surface area contributed by atoms with Gasteiger partial charge >= 0.3 is 0 Å². The molecule has 0 aliphatic carbocycles.